The van der Waals surface area contributed by atoms with Crippen molar-refractivity contribution in [2.45, 2.75) is 13.5 Å². The summed E-state index contributed by atoms with van der Waals surface area (Å²) in [7, 11) is 0. The molecule has 31 heavy (non-hydrogen) atoms. The Bertz CT molecular complexity index is 1250. The number of hydrogen-bond donors (Lipinski definition) is 1. The molecule has 0 aliphatic carbocycles. The predicted octanol–water partition coefficient (Wildman–Crippen LogP) is 6.82. The van der Waals surface area contributed by atoms with Gasteiger partial charge < -0.3 is 10.5 Å². The number of ether oxygens (including phenoxy) is 1. The first-order valence-corrected chi connectivity index (χ1v) is 10.8. The van der Waals surface area contributed by atoms with Gasteiger partial charge in [0.2, 0.25) is 0 Å². The molecule has 0 saturated carbocycles. The summed E-state index contributed by atoms with van der Waals surface area (Å²) in [6.07, 6.45) is 1.96. The van der Waals surface area contributed by atoms with Gasteiger partial charge in [0.05, 0.1) is 5.02 Å². The number of nitrogens with zero attached hydrogens (tertiary/aromatic N) is 1. The third kappa shape index (κ3) is 4.59. The second-order valence-electron chi connectivity index (χ2n) is 7.18. The van der Waals surface area contributed by atoms with Gasteiger partial charge in [0.1, 0.15) is 17.9 Å². The van der Waals surface area contributed by atoms with Gasteiger partial charge in [-0.05, 0) is 36.3 Å². The summed E-state index contributed by atoms with van der Waals surface area (Å²) in [6.45, 7) is 2.59. The van der Waals surface area contributed by atoms with E-state index in [0.29, 0.717) is 22.3 Å². The van der Waals surface area contributed by atoms with Crippen LogP contribution in [0.5, 0.6) is 5.75 Å². The Kier molecular flexibility index (Phi) is 6.57. The average molecular weight is 449 g/mol. The highest BCUT2D eigenvalue weighted by Crippen LogP contribution is 2.36. The molecule has 3 aromatic carbocycles. The van der Waals surface area contributed by atoms with Crippen LogP contribution in [-0.2, 0) is 6.61 Å². The second kappa shape index (κ2) is 9.52. The Balaban J connectivity index is 1.71. The molecule has 1 heterocycles. The first-order valence-electron chi connectivity index (χ1n) is 10.0. The van der Waals surface area contributed by atoms with Crippen LogP contribution in [0.15, 0.2) is 78.9 Å². The molecule has 0 atom stereocenters. The molecule has 4 rings (SSSR count). The van der Waals surface area contributed by atoms with Gasteiger partial charge in [0, 0.05) is 33.8 Å². The van der Waals surface area contributed by atoms with Crippen molar-refractivity contribution < 1.29 is 4.74 Å². The number of benzene rings is 3. The smallest absolute Gasteiger partial charge is 0.146 e. The van der Waals surface area contributed by atoms with E-state index in [4.69, 9.17) is 33.7 Å². The van der Waals surface area contributed by atoms with E-state index in [-0.39, 0.29) is 6.61 Å². The fourth-order valence-electron chi connectivity index (χ4n) is 3.54. The number of halogens is 2. The van der Waals surface area contributed by atoms with Crippen molar-refractivity contribution in [3.8, 4) is 5.75 Å². The van der Waals surface area contributed by atoms with E-state index >= 15 is 0 Å². The summed E-state index contributed by atoms with van der Waals surface area (Å²) < 4.78 is 6.15. The van der Waals surface area contributed by atoms with Crippen molar-refractivity contribution in [3.63, 3.8) is 0 Å². The van der Waals surface area contributed by atoms with E-state index in [2.05, 4.69) is 4.98 Å². The van der Waals surface area contributed by atoms with Gasteiger partial charge in [0.15, 0.2) is 0 Å². The largest absolute Gasteiger partial charge is 0.487 e. The van der Waals surface area contributed by atoms with Gasteiger partial charge in [-0.15, -0.1) is 0 Å². The molecule has 0 aliphatic heterocycles. The number of aromatic nitrogens is 1. The average Bonchev–Trinajstić information content (AvgIpc) is 2.78. The SMILES string of the molecule is Cc1ccc2cccc(OCc3c(Cl)ccc(/C(=C/CN)c4ccccc4)c3Cl)c2n1. The summed E-state index contributed by atoms with van der Waals surface area (Å²) in [5, 5.41) is 2.13. The van der Waals surface area contributed by atoms with Crippen LogP contribution in [0.2, 0.25) is 10.0 Å². The molecule has 156 valence electrons. The lowest BCUT2D eigenvalue weighted by Gasteiger charge is -2.16. The molecule has 1 aromatic heterocycles. The molecule has 0 saturated heterocycles. The molecule has 0 spiro atoms. The second-order valence-corrected chi connectivity index (χ2v) is 7.96. The molecular weight excluding hydrogens is 427 g/mol. The van der Waals surface area contributed by atoms with E-state index < -0.39 is 0 Å². The minimum Gasteiger partial charge on any atom is -0.487 e. The van der Waals surface area contributed by atoms with Gasteiger partial charge in [-0.2, -0.15) is 0 Å². The lowest BCUT2D eigenvalue weighted by atomic mass is 9.96. The minimum absolute atomic E-state index is 0.227. The van der Waals surface area contributed by atoms with Crippen LogP contribution in [0.4, 0.5) is 0 Å². The molecule has 0 bridgehead atoms. The van der Waals surface area contributed by atoms with Gasteiger partial charge in [-0.25, -0.2) is 4.98 Å². The zero-order valence-electron chi connectivity index (χ0n) is 17.1. The van der Waals surface area contributed by atoms with E-state index in [9.17, 15) is 0 Å². The number of hydrogen-bond acceptors (Lipinski definition) is 3. The minimum atomic E-state index is 0.227. The maximum Gasteiger partial charge on any atom is 0.146 e. The van der Waals surface area contributed by atoms with Gasteiger partial charge in [-0.1, -0.05) is 83.9 Å². The quantitative estimate of drug-likeness (QED) is 0.351. The summed E-state index contributed by atoms with van der Waals surface area (Å²) in [5.74, 6) is 0.694. The van der Waals surface area contributed by atoms with E-state index in [1.165, 1.54) is 0 Å². The molecule has 0 amide bonds. The number of para-hydroxylation sites is 1. The molecule has 2 N–H and O–H groups in total. The predicted molar refractivity (Wildman–Crippen MR) is 130 cm³/mol. The Morgan fingerprint density at radius 2 is 1.77 bits per heavy atom. The number of aryl methyl sites for hydroxylation is 1. The van der Waals surface area contributed by atoms with Gasteiger partial charge >= 0.3 is 0 Å². The molecule has 5 heteroatoms. The number of rotatable bonds is 6. The van der Waals surface area contributed by atoms with E-state index in [1.807, 2.05) is 85.8 Å². The lowest BCUT2D eigenvalue weighted by molar-refractivity contribution is 0.309. The highest BCUT2D eigenvalue weighted by Gasteiger charge is 2.16. The fraction of sp³-hybridized carbons (Fsp3) is 0.115. The first kappa shape index (κ1) is 21.4. The van der Waals surface area contributed by atoms with Crippen molar-refractivity contribution in [2.24, 2.45) is 5.73 Å². The van der Waals surface area contributed by atoms with Crippen LogP contribution in [0.3, 0.4) is 0 Å². The monoisotopic (exact) mass is 448 g/mol. The summed E-state index contributed by atoms with van der Waals surface area (Å²) >= 11 is 13.4. The third-order valence-electron chi connectivity index (χ3n) is 5.08. The zero-order chi connectivity index (χ0) is 21.8. The molecule has 0 aliphatic rings. The molecule has 0 radical (unpaired) electrons. The zero-order valence-corrected chi connectivity index (χ0v) is 18.6. The van der Waals surface area contributed by atoms with Crippen LogP contribution in [0.1, 0.15) is 22.4 Å². The highest BCUT2D eigenvalue weighted by atomic mass is 35.5. The third-order valence-corrected chi connectivity index (χ3v) is 5.86. The van der Waals surface area contributed by atoms with Crippen LogP contribution < -0.4 is 10.5 Å². The normalized spacial score (nSPS) is 11.7. The maximum atomic E-state index is 6.84. The van der Waals surface area contributed by atoms with E-state index in [0.717, 1.165) is 38.9 Å². The molecule has 0 fully saturated rings. The molecular formula is C26H22Cl2N2O. The molecule has 4 aromatic rings. The summed E-state index contributed by atoms with van der Waals surface area (Å²) in [5.41, 5.74) is 11.2. The van der Waals surface area contributed by atoms with Crippen molar-refractivity contribution in [1.29, 1.82) is 0 Å². The maximum absolute atomic E-state index is 6.84. The Hall–Kier alpha value is -2.85. The fourth-order valence-corrected chi connectivity index (χ4v) is 4.12. The Morgan fingerprint density at radius 3 is 2.55 bits per heavy atom. The number of fused-ring (bicyclic) bond motifs is 1. The van der Waals surface area contributed by atoms with Crippen LogP contribution in [0.25, 0.3) is 16.5 Å². The number of pyridine rings is 1. The van der Waals surface area contributed by atoms with Crippen LogP contribution in [0, 0.1) is 6.92 Å². The van der Waals surface area contributed by atoms with Crippen molar-refractivity contribution >= 4 is 39.7 Å². The highest BCUT2D eigenvalue weighted by molar-refractivity contribution is 6.37. The van der Waals surface area contributed by atoms with Crippen LogP contribution in [-0.4, -0.2) is 11.5 Å². The van der Waals surface area contributed by atoms with E-state index in [1.54, 1.807) is 0 Å². The first-order chi connectivity index (χ1) is 15.1. The van der Waals surface area contributed by atoms with Crippen molar-refractivity contribution in [1.82, 2.24) is 4.98 Å². The van der Waals surface area contributed by atoms with Crippen molar-refractivity contribution in [3.05, 3.63) is 111 Å². The van der Waals surface area contributed by atoms with Gasteiger partial charge in [-0.3, -0.25) is 0 Å². The molecule has 3 nitrogen and oxygen atoms in total. The summed E-state index contributed by atoms with van der Waals surface area (Å²) in [6, 6.07) is 23.7. The summed E-state index contributed by atoms with van der Waals surface area (Å²) in [4.78, 5) is 4.63. The molecule has 0 unspecified atom stereocenters. The number of nitrogens with two attached hydrogens (primary N) is 1. The Labute approximate surface area is 192 Å². The lowest BCUT2D eigenvalue weighted by Crippen LogP contribution is -2.02. The van der Waals surface area contributed by atoms with Gasteiger partial charge in [0.25, 0.3) is 0 Å². The topological polar surface area (TPSA) is 48.1 Å². The van der Waals surface area contributed by atoms with Crippen LogP contribution >= 0.6 is 23.2 Å². The van der Waals surface area contributed by atoms with Crippen molar-refractivity contribution in [2.75, 3.05) is 6.54 Å². The standard InChI is InChI=1S/C26H22Cl2N2O/c1-17-10-11-19-8-5-9-24(26(19)30-17)31-16-22-23(27)13-12-21(25(22)28)20(14-15-29)18-6-3-2-4-7-18/h2-14H,15-16,29H2,1H3/b20-14+. The Morgan fingerprint density at radius 1 is 0.968 bits per heavy atom.